The molecule has 3 aromatic heterocycles. The van der Waals surface area contributed by atoms with E-state index in [1.165, 1.54) is 0 Å². The highest BCUT2D eigenvalue weighted by atomic mass is 16.5. The SMILES string of the molecule is Cc1cnccc1-c1noc(-c2ccc(CN)cn2)n1. The number of aromatic nitrogens is 4. The third-order valence-corrected chi connectivity index (χ3v) is 2.97. The van der Waals surface area contributed by atoms with Crippen LogP contribution in [-0.4, -0.2) is 20.1 Å². The van der Waals surface area contributed by atoms with E-state index < -0.39 is 0 Å². The van der Waals surface area contributed by atoms with Gasteiger partial charge >= 0.3 is 0 Å². The van der Waals surface area contributed by atoms with Crippen LogP contribution in [0.25, 0.3) is 23.0 Å². The minimum Gasteiger partial charge on any atom is -0.332 e. The van der Waals surface area contributed by atoms with Gasteiger partial charge in [0.25, 0.3) is 5.89 Å². The molecular weight excluding hydrogens is 254 g/mol. The summed E-state index contributed by atoms with van der Waals surface area (Å²) in [6.45, 7) is 2.41. The maximum absolute atomic E-state index is 5.54. The molecule has 0 aliphatic rings. The fraction of sp³-hybridized carbons (Fsp3) is 0.143. The molecule has 0 atom stereocenters. The van der Waals surface area contributed by atoms with Crippen LogP contribution in [0.1, 0.15) is 11.1 Å². The second kappa shape index (κ2) is 5.18. The molecule has 0 fully saturated rings. The molecule has 0 bridgehead atoms. The standard InChI is InChI=1S/C14H13N5O/c1-9-7-16-5-4-11(9)13-18-14(20-19-13)12-3-2-10(6-15)8-17-12/h2-5,7-8H,6,15H2,1H3. The van der Waals surface area contributed by atoms with Crippen LogP contribution in [0.15, 0.2) is 41.3 Å². The Morgan fingerprint density at radius 1 is 1.20 bits per heavy atom. The van der Waals surface area contributed by atoms with E-state index >= 15 is 0 Å². The Morgan fingerprint density at radius 2 is 2.10 bits per heavy atom. The molecule has 100 valence electrons. The van der Waals surface area contributed by atoms with Gasteiger partial charge in [0.2, 0.25) is 5.82 Å². The van der Waals surface area contributed by atoms with Crippen molar-refractivity contribution in [2.75, 3.05) is 0 Å². The molecule has 0 radical (unpaired) electrons. The summed E-state index contributed by atoms with van der Waals surface area (Å²) in [4.78, 5) is 12.7. The molecule has 2 N–H and O–H groups in total. The molecule has 0 saturated heterocycles. The maximum Gasteiger partial charge on any atom is 0.276 e. The summed E-state index contributed by atoms with van der Waals surface area (Å²) >= 11 is 0. The van der Waals surface area contributed by atoms with E-state index in [1.54, 1.807) is 18.6 Å². The first kappa shape index (κ1) is 12.4. The third kappa shape index (κ3) is 2.28. The predicted molar refractivity (Wildman–Crippen MR) is 73.4 cm³/mol. The predicted octanol–water partition coefficient (Wildman–Crippen LogP) is 1.96. The van der Waals surface area contributed by atoms with Crippen molar-refractivity contribution in [3.05, 3.63) is 47.9 Å². The number of aryl methyl sites for hydroxylation is 1. The first-order valence-corrected chi connectivity index (χ1v) is 6.18. The Kier molecular flexibility index (Phi) is 3.22. The van der Waals surface area contributed by atoms with Crippen LogP contribution in [0, 0.1) is 6.92 Å². The number of nitrogens with zero attached hydrogens (tertiary/aromatic N) is 4. The first-order chi connectivity index (χ1) is 9.78. The van der Waals surface area contributed by atoms with Gasteiger partial charge in [-0.2, -0.15) is 4.98 Å². The van der Waals surface area contributed by atoms with Gasteiger partial charge in [-0.3, -0.25) is 9.97 Å². The van der Waals surface area contributed by atoms with Gasteiger partial charge in [0, 0.05) is 30.7 Å². The van der Waals surface area contributed by atoms with E-state index in [-0.39, 0.29) is 0 Å². The fourth-order valence-electron chi connectivity index (χ4n) is 1.83. The van der Waals surface area contributed by atoms with Gasteiger partial charge in [-0.05, 0) is 30.2 Å². The number of nitrogens with two attached hydrogens (primary N) is 1. The molecule has 0 aromatic carbocycles. The summed E-state index contributed by atoms with van der Waals surface area (Å²) in [7, 11) is 0. The van der Waals surface area contributed by atoms with Crippen LogP contribution in [0.3, 0.4) is 0 Å². The third-order valence-electron chi connectivity index (χ3n) is 2.97. The average molecular weight is 267 g/mol. The largest absolute Gasteiger partial charge is 0.332 e. The fourth-order valence-corrected chi connectivity index (χ4v) is 1.83. The van der Waals surface area contributed by atoms with E-state index in [4.69, 9.17) is 10.3 Å². The second-order valence-electron chi connectivity index (χ2n) is 4.37. The molecule has 0 spiro atoms. The minimum absolute atomic E-state index is 0.389. The van der Waals surface area contributed by atoms with Crippen molar-refractivity contribution in [3.8, 4) is 23.0 Å². The van der Waals surface area contributed by atoms with Gasteiger partial charge in [0.1, 0.15) is 5.69 Å². The summed E-state index contributed by atoms with van der Waals surface area (Å²) in [5.74, 6) is 0.921. The summed E-state index contributed by atoms with van der Waals surface area (Å²) in [5, 5.41) is 3.99. The molecule has 6 heteroatoms. The number of hydrogen-bond donors (Lipinski definition) is 1. The Morgan fingerprint density at radius 3 is 2.80 bits per heavy atom. The maximum atomic E-state index is 5.54. The van der Waals surface area contributed by atoms with Crippen LogP contribution in [0.2, 0.25) is 0 Å². The van der Waals surface area contributed by atoms with Gasteiger partial charge in [0.15, 0.2) is 0 Å². The summed E-state index contributed by atoms with van der Waals surface area (Å²) < 4.78 is 5.26. The quantitative estimate of drug-likeness (QED) is 0.780. The molecule has 0 saturated carbocycles. The Bertz CT molecular complexity index is 720. The van der Waals surface area contributed by atoms with Gasteiger partial charge < -0.3 is 10.3 Å². The Balaban J connectivity index is 1.95. The molecule has 0 aliphatic carbocycles. The van der Waals surface area contributed by atoms with Gasteiger partial charge in [0.05, 0.1) is 0 Å². The van der Waals surface area contributed by atoms with E-state index in [2.05, 4.69) is 20.1 Å². The van der Waals surface area contributed by atoms with Crippen molar-refractivity contribution in [3.63, 3.8) is 0 Å². The molecule has 0 amide bonds. The summed E-state index contributed by atoms with van der Waals surface area (Å²) in [6.07, 6.45) is 5.17. The molecule has 3 rings (SSSR count). The molecule has 3 aromatic rings. The van der Waals surface area contributed by atoms with E-state index in [0.717, 1.165) is 16.7 Å². The van der Waals surface area contributed by atoms with Crippen LogP contribution in [-0.2, 0) is 6.54 Å². The lowest BCUT2D eigenvalue weighted by atomic mass is 10.1. The van der Waals surface area contributed by atoms with Crippen molar-refractivity contribution in [1.82, 2.24) is 20.1 Å². The highest BCUT2D eigenvalue weighted by molar-refractivity contribution is 5.60. The molecule has 6 nitrogen and oxygen atoms in total. The topological polar surface area (TPSA) is 90.7 Å². The summed E-state index contributed by atoms with van der Waals surface area (Å²) in [6, 6.07) is 5.57. The van der Waals surface area contributed by atoms with E-state index in [1.807, 2.05) is 25.1 Å². The lowest BCUT2D eigenvalue weighted by Gasteiger charge is -1.98. The van der Waals surface area contributed by atoms with Crippen LogP contribution in [0.5, 0.6) is 0 Å². The molecular formula is C14H13N5O. The molecule has 0 aliphatic heterocycles. The number of hydrogen-bond acceptors (Lipinski definition) is 6. The van der Waals surface area contributed by atoms with Crippen molar-refractivity contribution >= 4 is 0 Å². The van der Waals surface area contributed by atoms with Crippen LogP contribution >= 0.6 is 0 Å². The van der Waals surface area contributed by atoms with E-state index in [9.17, 15) is 0 Å². The van der Waals surface area contributed by atoms with Crippen molar-refractivity contribution < 1.29 is 4.52 Å². The molecule has 0 unspecified atom stereocenters. The molecule has 3 heterocycles. The van der Waals surface area contributed by atoms with Crippen molar-refractivity contribution in [2.45, 2.75) is 13.5 Å². The number of pyridine rings is 2. The molecule has 20 heavy (non-hydrogen) atoms. The second-order valence-corrected chi connectivity index (χ2v) is 4.37. The lowest BCUT2D eigenvalue weighted by Crippen LogP contribution is -1.96. The van der Waals surface area contributed by atoms with Gasteiger partial charge in [-0.25, -0.2) is 0 Å². The average Bonchev–Trinajstić information content (AvgIpc) is 2.97. The number of rotatable bonds is 3. The normalized spacial score (nSPS) is 10.7. The zero-order chi connectivity index (χ0) is 13.9. The van der Waals surface area contributed by atoms with Gasteiger partial charge in [-0.1, -0.05) is 11.2 Å². The first-order valence-electron chi connectivity index (χ1n) is 6.18. The van der Waals surface area contributed by atoms with Gasteiger partial charge in [-0.15, -0.1) is 0 Å². The highest BCUT2D eigenvalue weighted by Gasteiger charge is 2.13. The van der Waals surface area contributed by atoms with Crippen molar-refractivity contribution in [2.24, 2.45) is 5.73 Å². The lowest BCUT2D eigenvalue weighted by molar-refractivity contribution is 0.431. The summed E-state index contributed by atoms with van der Waals surface area (Å²) in [5.41, 5.74) is 9.02. The Labute approximate surface area is 115 Å². The highest BCUT2D eigenvalue weighted by Crippen LogP contribution is 2.22. The zero-order valence-corrected chi connectivity index (χ0v) is 10.9. The van der Waals surface area contributed by atoms with Crippen LogP contribution in [0.4, 0.5) is 0 Å². The minimum atomic E-state index is 0.389. The Hall–Kier alpha value is -2.60. The zero-order valence-electron chi connectivity index (χ0n) is 10.9. The van der Waals surface area contributed by atoms with E-state index in [0.29, 0.717) is 24.0 Å². The van der Waals surface area contributed by atoms with Crippen molar-refractivity contribution in [1.29, 1.82) is 0 Å². The smallest absolute Gasteiger partial charge is 0.276 e. The monoisotopic (exact) mass is 267 g/mol. The van der Waals surface area contributed by atoms with Crippen LogP contribution < -0.4 is 5.73 Å².